The molecule has 0 atom stereocenters. The summed E-state index contributed by atoms with van der Waals surface area (Å²) >= 11 is 0. The maximum Gasteiger partial charge on any atom is 0.280 e. The number of rotatable bonds is 3. The van der Waals surface area contributed by atoms with Gasteiger partial charge in [-0.25, -0.2) is 9.50 Å². The van der Waals surface area contributed by atoms with Crippen molar-refractivity contribution >= 4 is 11.5 Å². The molecule has 0 amide bonds. The van der Waals surface area contributed by atoms with Gasteiger partial charge in [-0.05, 0) is 25.2 Å². The first kappa shape index (κ1) is 15.6. The second-order valence-electron chi connectivity index (χ2n) is 7.18. The monoisotopic (exact) mass is 331 g/mol. The first-order chi connectivity index (χ1) is 11.6. The van der Waals surface area contributed by atoms with E-state index in [9.17, 15) is 4.79 Å². The van der Waals surface area contributed by atoms with Gasteiger partial charge in [-0.15, -0.1) is 5.10 Å². The van der Waals surface area contributed by atoms with Crippen LogP contribution in [0.3, 0.4) is 0 Å². The second kappa shape index (κ2) is 6.20. The van der Waals surface area contributed by atoms with Crippen LogP contribution < -0.4 is 10.5 Å². The summed E-state index contributed by atoms with van der Waals surface area (Å²) < 4.78 is 9.04. The Morgan fingerprint density at radius 1 is 1.29 bits per heavy atom. The Balaban J connectivity index is 1.75. The molecule has 0 saturated carbocycles. The van der Waals surface area contributed by atoms with Gasteiger partial charge in [0.05, 0.1) is 6.20 Å². The summed E-state index contributed by atoms with van der Waals surface area (Å²) in [6.45, 7) is 8.49. The van der Waals surface area contributed by atoms with E-state index in [1.807, 2.05) is 4.57 Å². The summed E-state index contributed by atoms with van der Waals surface area (Å²) in [5, 5.41) is 4.82. The maximum absolute atomic E-state index is 12.9. The standard InChI is InChI=1S/C17H25N5O2/c1-12(2)15-18-10-14-16(23)21-7-3-6-20(17(21)19-22(14)15)11-13-4-8-24-9-5-13/h10,12-13H,3-9,11H2,1-2H3. The van der Waals surface area contributed by atoms with E-state index >= 15 is 0 Å². The van der Waals surface area contributed by atoms with Gasteiger partial charge in [0.15, 0.2) is 5.52 Å². The van der Waals surface area contributed by atoms with E-state index in [-0.39, 0.29) is 11.5 Å². The molecule has 1 fully saturated rings. The van der Waals surface area contributed by atoms with Crippen LogP contribution in [0.2, 0.25) is 0 Å². The van der Waals surface area contributed by atoms with Gasteiger partial charge in [0.25, 0.3) is 5.56 Å². The van der Waals surface area contributed by atoms with Crippen LogP contribution in [0.1, 0.15) is 44.9 Å². The summed E-state index contributed by atoms with van der Waals surface area (Å²) in [5.41, 5.74) is 0.603. The number of hydrogen-bond donors (Lipinski definition) is 0. The molecule has 24 heavy (non-hydrogen) atoms. The number of fused-ring (bicyclic) bond motifs is 2. The number of ether oxygens (including phenoxy) is 1. The number of hydrogen-bond acceptors (Lipinski definition) is 5. The Hall–Kier alpha value is -1.89. The van der Waals surface area contributed by atoms with E-state index in [1.54, 1.807) is 10.7 Å². The molecule has 0 N–H and O–H groups in total. The van der Waals surface area contributed by atoms with Gasteiger partial charge in [0.2, 0.25) is 5.95 Å². The minimum absolute atomic E-state index is 0.0241. The molecule has 0 aromatic carbocycles. The van der Waals surface area contributed by atoms with Crippen LogP contribution >= 0.6 is 0 Å². The van der Waals surface area contributed by atoms with Crippen molar-refractivity contribution in [3.05, 3.63) is 22.4 Å². The molecule has 1 saturated heterocycles. The molecule has 0 bridgehead atoms. The average Bonchev–Trinajstić information content (AvgIpc) is 3.01. The highest BCUT2D eigenvalue weighted by molar-refractivity contribution is 5.47. The fourth-order valence-corrected chi connectivity index (χ4v) is 3.75. The molecule has 4 heterocycles. The van der Waals surface area contributed by atoms with Crippen LogP contribution in [0.4, 0.5) is 5.95 Å². The molecular weight excluding hydrogens is 306 g/mol. The van der Waals surface area contributed by atoms with Gasteiger partial charge in [-0.1, -0.05) is 13.8 Å². The van der Waals surface area contributed by atoms with Crippen LogP contribution in [-0.2, 0) is 11.3 Å². The zero-order valence-electron chi connectivity index (χ0n) is 14.4. The van der Waals surface area contributed by atoms with Gasteiger partial charge in [-0.3, -0.25) is 9.36 Å². The lowest BCUT2D eigenvalue weighted by atomic mass is 9.99. The summed E-state index contributed by atoms with van der Waals surface area (Å²) in [6, 6.07) is 0. The Morgan fingerprint density at radius 2 is 2.08 bits per heavy atom. The molecule has 0 radical (unpaired) electrons. The van der Waals surface area contributed by atoms with Crippen molar-refractivity contribution in [3.8, 4) is 0 Å². The third kappa shape index (κ3) is 2.60. The fraction of sp³-hybridized carbons (Fsp3) is 0.706. The van der Waals surface area contributed by atoms with E-state index in [0.717, 1.165) is 63.9 Å². The van der Waals surface area contributed by atoms with Gasteiger partial charge in [-0.2, -0.15) is 0 Å². The van der Waals surface area contributed by atoms with Crippen LogP contribution in [0.5, 0.6) is 0 Å². The van der Waals surface area contributed by atoms with Crippen LogP contribution in [0.25, 0.3) is 5.52 Å². The van der Waals surface area contributed by atoms with Crippen LogP contribution in [0.15, 0.2) is 11.0 Å². The van der Waals surface area contributed by atoms with Crippen molar-refractivity contribution in [2.75, 3.05) is 31.2 Å². The van der Waals surface area contributed by atoms with Crippen molar-refractivity contribution in [2.24, 2.45) is 5.92 Å². The molecule has 7 nitrogen and oxygen atoms in total. The highest BCUT2D eigenvalue weighted by Gasteiger charge is 2.26. The van der Waals surface area contributed by atoms with E-state index in [4.69, 9.17) is 9.84 Å². The van der Waals surface area contributed by atoms with Gasteiger partial charge < -0.3 is 9.64 Å². The number of nitrogens with zero attached hydrogens (tertiary/aromatic N) is 5. The highest BCUT2D eigenvalue weighted by Crippen LogP contribution is 2.23. The third-order valence-corrected chi connectivity index (χ3v) is 5.09. The zero-order valence-corrected chi connectivity index (χ0v) is 14.4. The number of imidazole rings is 1. The molecule has 0 spiro atoms. The Morgan fingerprint density at radius 3 is 2.83 bits per heavy atom. The van der Waals surface area contributed by atoms with E-state index in [0.29, 0.717) is 11.4 Å². The lowest BCUT2D eigenvalue weighted by Gasteiger charge is -2.34. The lowest BCUT2D eigenvalue weighted by molar-refractivity contribution is 0.0679. The molecule has 4 rings (SSSR count). The minimum Gasteiger partial charge on any atom is -0.381 e. The van der Waals surface area contributed by atoms with Crippen molar-refractivity contribution < 1.29 is 4.74 Å². The van der Waals surface area contributed by atoms with Crippen LogP contribution in [-0.4, -0.2) is 45.5 Å². The number of anilines is 1. The van der Waals surface area contributed by atoms with E-state index < -0.39 is 0 Å². The Kier molecular flexibility index (Phi) is 4.04. The molecule has 130 valence electrons. The predicted octanol–water partition coefficient (Wildman–Crippen LogP) is 1.65. The SMILES string of the molecule is CC(C)c1ncc2c(=O)n3c(nn12)N(CC1CCOCC1)CCC3. The van der Waals surface area contributed by atoms with Crippen LogP contribution in [0, 0.1) is 5.92 Å². The predicted molar refractivity (Wildman–Crippen MR) is 91.7 cm³/mol. The normalized spacial score (nSPS) is 19.2. The first-order valence-electron chi connectivity index (χ1n) is 8.96. The van der Waals surface area contributed by atoms with Gasteiger partial charge in [0, 0.05) is 38.8 Å². The molecule has 2 aliphatic rings. The average molecular weight is 331 g/mol. The topological polar surface area (TPSA) is 64.7 Å². The zero-order chi connectivity index (χ0) is 16.7. The number of aromatic nitrogens is 4. The highest BCUT2D eigenvalue weighted by atomic mass is 16.5. The quantitative estimate of drug-likeness (QED) is 0.856. The molecular formula is C17H25N5O2. The lowest BCUT2D eigenvalue weighted by Crippen LogP contribution is -2.42. The molecule has 2 aromatic rings. The van der Waals surface area contributed by atoms with Gasteiger partial charge in [0.1, 0.15) is 5.82 Å². The maximum atomic E-state index is 12.9. The third-order valence-electron chi connectivity index (χ3n) is 5.09. The van der Waals surface area contributed by atoms with Crippen molar-refractivity contribution in [1.29, 1.82) is 0 Å². The minimum atomic E-state index is 0.0241. The van der Waals surface area contributed by atoms with Gasteiger partial charge >= 0.3 is 0 Å². The largest absolute Gasteiger partial charge is 0.381 e. The molecule has 2 aromatic heterocycles. The summed E-state index contributed by atoms with van der Waals surface area (Å²) in [7, 11) is 0. The van der Waals surface area contributed by atoms with Crippen molar-refractivity contribution in [2.45, 2.75) is 45.6 Å². The molecule has 0 aliphatic carbocycles. The summed E-state index contributed by atoms with van der Waals surface area (Å²) in [4.78, 5) is 19.6. The Labute approximate surface area is 141 Å². The van der Waals surface area contributed by atoms with Crippen molar-refractivity contribution in [1.82, 2.24) is 19.2 Å². The second-order valence-corrected chi connectivity index (χ2v) is 7.18. The Bertz CT molecular complexity index is 788. The smallest absolute Gasteiger partial charge is 0.280 e. The summed E-state index contributed by atoms with van der Waals surface area (Å²) in [6.07, 6.45) is 4.82. The first-order valence-corrected chi connectivity index (χ1v) is 8.96. The molecule has 2 aliphatic heterocycles. The molecule has 7 heteroatoms. The fourth-order valence-electron chi connectivity index (χ4n) is 3.75. The molecule has 0 unspecified atom stereocenters. The van der Waals surface area contributed by atoms with Crippen molar-refractivity contribution in [3.63, 3.8) is 0 Å². The van der Waals surface area contributed by atoms with E-state index in [2.05, 4.69) is 23.7 Å². The summed E-state index contributed by atoms with van der Waals surface area (Å²) in [5.74, 6) is 2.49. The van der Waals surface area contributed by atoms with E-state index in [1.165, 1.54) is 0 Å².